The Bertz CT molecular complexity index is 675. The molecule has 0 aliphatic rings. The molecule has 102 valence electrons. The molecular weight excluding hydrogens is 256 g/mol. The summed E-state index contributed by atoms with van der Waals surface area (Å²) >= 11 is 0. The molecule has 0 saturated heterocycles. The van der Waals surface area contributed by atoms with Gasteiger partial charge in [0.1, 0.15) is 6.61 Å². The van der Waals surface area contributed by atoms with Crippen LogP contribution in [-0.4, -0.2) is 22.4 Å². The van der Waals surface area contributed by atoms with E-state index in [-0.39, 0.29) is 17.9 Å². The summed E-state index contributed by atoms with van der Waals surface area (Å²) in [7, 11) is 1.48. The minimum Gasteiger partial charge on any atom is -0.457 e. The van der Waals surface area contributed by atoms with Crippen LogP contribution in [0.3, 0.4) is 0 Å². The summed E-state index contributed by atoms with van der Waals surface area (Å²) in [5.41, 5.74) is 0.870. The molecule has 0 unspecified atom stereocenters. The Kier molecular flexibility index (Phi) is 4.44. The lowest BCUT2D eigenvalue weighted by Gasteiger charge is -2.02. The zero-order chi connectivity index (χ0) is 14.4. The van der Waals surface area contributed by atoms with E-state index in [0.29, 0.717) is 0 Å². The molecule has 0 atom stereocenters. The average molecular weight is 270 g/mol. The Balaban J connectivity index is 1.91. The van der Waals surface area contributed by atoms with Crippen LogP contribution in [0.5, 0.6) is 0 Å². The summed E-state index contributed by atoms with van der Waals surface area (Å²) in [6, 6.07) is 12.3. The maximum Gasteiger partial charge on any atom is 0.359 e. The Morgan fingerprint density at radius 3 is 2.70 bits per heavy atom. The van der Waals surface area contributed by atoms with Gasteiger partial charge in [0.15, 0.2) is 5.69 Å². The van der Waals surface area contributed by atoms with Crippen LogP contribution in [0.15, 0.2) is 53.3 Å². The summed E-state index contributed by atoms with van der Waals surface area (Å²) in [5.74, 6) is -0.557. The van der Waals surface area contributed by atoms with Crippen molar-refractivity contribution in [3.63, 3.8) is 0 Å². The van der Waals surface area contributed by atoms with E-state index in [2.05, 4.69) is 5.10 Å². The second kappa shape index (κ2) is 6.47. The Labute approximate surface area is 116 Å². The standard InChI is InChI=1S/C15H14N2O3/c1-17-14(18)10-9-13(16-17)15(19)20-11-5-8-12-6-3-2-4-7-12/h2-10H,11H2,1H3. The molecule has 5 nitrogen and oxygen atoms in total. The number of rotatable bonds is 4. The zero-order valence-electron chi connectivity index (χ0n) is 11.0. The van der Waals surface area contributed by atoms with Gasteiger partial charge in [-0.2, -0.15) is 5.10 Å². The molecule has 0 bridgehead atoms. The van der Waals surface area contributed by atoms with Gasteiger partial charge < -0.3 is 4.74 Å². The minimum absolute atomic E-state index is 0.111. The molecule has 0 amide bonds. The number of aryl methyl sites for hydroxylation is 1. The number of benzene rings is 1. The van der Waals surface area contributed by atoms with Crippen LogP contribution >= 0.6 is 0 Å². The van der Waals surface area contributed by atoms with Crippen molar-refractivity contribution in [2.24, 2.45) is 7.05 Å². The number of ether oxygens (including phenoxy) is 1. The normalized spacial score (nSPS) is 10.7. The van der Waals surface area contributed by atoms with Crippen molar-refractivity contribution < 1.29 is 9.53 Å². The van der Waals surface area contributed by atoms with Crippen LogP contribution in [-0.2, 0) is 11.8 Å². The first-order valence-electron chi connectivity index (χ1n) is 6.10. The molecule has 0 radical (unpaired) electrons. The highest BCUT2D eigenvalue weighted by Crippen LogP contribution is 2.01. The van der Waals surface area contributed by atoms with Crippen molar-refractivity contribution in [1.82, 2.24) is 9.78 Å². The Hall–Kier alpha value is -2.69. The summed E-state index contributed by atoms with van der Waals surface area (Å²) in [6.07, 6.45) is 3.61. The number of esters is 1. The molecule has 0 spiro atoms. The fraction of sp³-hybridized carbons (Fsp3) is 0.133. The predicted octanol–water partition coefficient (Wildman–Crippen LogP) is 1.65. The lowest BCUT2D eigenvalue weighted by Crippen LogP contribution is -2.21. The summed E-state index contributed by atoms with van der Waals surface area (Å²) < 4.78 is 6.13. The van der Waals surface area contributed by atoms with E-state index in [0.717, 1.165) is 10.2 Å². The Morgan fingerprint density at radius 2 is 2.00 bits per heavy atom. The van der Waals surface area contributed by atoms with Gasteiger partial charge in [0.05, 0.1) is 0 Å². The topological polar surface area (TPSA) is 61.2 Å². The number of carbonyl (C=O) groups excluding carboxylic acids is 1. The molecule has 20 heavy (non-hydrogen) atoms. The third kappa shape index (κ3) is 3.65. The van der Waals surface area contributed by atoms with Crippen LogP contribution in [0.25, 0.3) is 6.08 Å². The van der Waals surface area contributed by atoms with Gasteiger partial charge in [-0.15, -0.1) is 0 Å². The monoisotopic (exact) mass is 270 g/mol. The molecule has 0 fully saturated rings. The second-order valence-electron chi connectivity index (χ2n) is 4.09. The number of hydrogen-bond donors (Lipinski definition) is 0. The fourth-order valence-electron chi connectivity index (χ4n) is 1.56. The SMILES string of the molecule is Cn1nc(C(=O)OCC=Cc2ccccc2)ccc1=O. The highest BCUT2D eigenvalue weighted by Gasteiger charge is 2.08. The van der Waals surface area contributed by atoms with E-state index in [1.165, 1.54) is 19.2 Å². The second-order valence-corrected chi connectivity index (χ2v) is 4.09. The van der Waals surface area contributed by atoms with Gasteiger partial charge >= 0.3 is 5.97 Å². The molecule has 5 heteroatoms. The molecule has 0 aliphatic carbocycles. The first-order chi connectivity index (χ1) is 9.66. The van der Waals surface area contributed by atoms with Gasteiger partial charge in [0, 0.05) is 13.1 Å². The largest absolute Gasteiger partial charge is 0.457 e. The van der Waals surface area contributed by atoms with Crippen LogP contribution in [0, 0.1) is 0 Å². The van der Waals surface area contributed by atoms with Crippen molar-refractivity contribution in [2.75, 3.05) is 6.61 Å². The quantitative estimate of drug-likeness (QED) is 0.793. The number of hydrogen-bond acceptors (Lipinski definition) is 4. The highest BCUT2D eigenvalue weighted by atomic mass is 16.5. The van der Waals surface area contributed by atoms with Crippen molar-refractivity contribution in [3.8, 4) is 0 Å². The van der Waals surface area contributed by atoms with Gasteiger partial charge in [-0.1, -0.05) is 36.4 Å². The summed E-state index contributed by atoms with van der Waals surface area (Å²) in [4.78, 5) is 22.8. The van der Waals surface area contributed by atoms with Crippen LogP contribution < -0.4 is 5.56 Å². The molecule has 1 aromatic heterocycles. The van der Waals surface area contributed by atoms with E-state index >= 15 is 0 Å². The number of nitrogens with zero attached hydrogens (tertiary/aromatic N) is 2. The molecule has 0 saturated carbocycles. The maximum atomic E-state index is 11.7. The molecule has 0 N–H and O–H groups in total. The summed E-state index contributed by atoms with van der Waals surface area (Å²) in [5, 5.41) is 3.82. The van der Waals surface area contributed by atoms with Gasteiger partial charge in [-0.25, -0.2) is 9.48 Å². The molecule has 1 aromatic carbocycles. The van der Waals surface area contributed by atoms with Gasteiger partial charge in [0.2, 0.25) is 0 Å². The molecular formula is C15H14N2O3. The molecule has 2 rings (SSSR count). The first kappa shape index (κ1) is 13.7. The number of carbonyl (C=O) groups is 1. The van der Waals surface area contributed by atoms with E-state index in [1.54, 1.807) is 6.08 Å². The Morgan fingerprint density at radius 1 is 1.25 bits per heavy atom. The number of aromatic nitrogens is 2. The molecule has 2 aromatic rings. The van der Waals surface area contributed by atoms with E-state index in [9.17, 15) is 9.59 Å². The fourth-order valence-corrected chi connectivity index (χ4v) is 1.56. The van der Waals surface area contributed by atoms with Gasteiger partial charge in [-0.05, 0) is 17.7 Å². The van der Waals surface area contributed by atoms with Crippen LogP contribution in [0.4, 0.5) is 0 Å². The zero-order valence-corrected chi connectivity index (χ0v) is 11.0. The maximum absolute atomic E-state index is 11.7. The van der Waals surface area contributed by atoms with E-state index < -0.39 is 5.97 Å². The van der Waals surface area contributed by atoms with E-state index in [4.69, 9.17) is 4.74 Å². The van der Waals surface area contributed by atoms with Crippen molar-refractivity contribution in [1.29, 1.82) is 0 Å². The van der Waals surface area contributed by atoms with Gasteiger partial charge in [0.25, 0.3) is 5.56 Å². The van der Waals surface area contributed by atoms with Crippen LogP contribution in [0.1, 0.15) is 16.1 Å². The molecule has 1 heterocycles. The average Bonchev–Trinajstić information content (AvgIpc) is 2.47. The third-order valence-corrected chi connectivity index (χ3v) is 2.59. The van der Waals surface area contributed by atoms with Crippen molar-refractivity contribution in [3.05, 3.63) is 70.2 Å². The van der Waals surface area contributed by atoms with Crippen LogP contribution in [0.2, 0.25) is 0 Å². The lowest BCUT2D eigenvalue weighted by molar-refractivity contribution is 0.0540. The molecule has 0 aliphatic heterocycles. The minimum atomic E-state index is -0.557. The lowest BCUT2D eigenvalue weighted by atomic mass is 10.2. The van der Waals surface area contributed by atoms with E-state index in [1.807, 2.05) is 36.4 Å². The first-order valence-corrected chi connectivity index (χ1v) is 6.10. The predicted molar refractivity (Wildman–Crippen MR) is 75.2 cm³/mol. The third-order valence-electron chi connectivity index (χ3n) is 2.59. The smallest absolute Gasteiger partial charge is 0.359 e. The van der Waals surface area contributed by atoms with Gasteiger partial charge in [-0.3, -0.25) is 4.79 Å². The van der Waals surface area contributed by atoms with Crippen molar-refractivity contribution >= 4 is 12.0 Å². The summed E-state index contributed by atoms with van der Waals surface area (Å²) in [6.45, 7) is 0.151. The highest BCUT2D eigenvalue weighted by molar-refractivity contribution is 5.87. The van der Waals surface area contributed by atoms with Crippen molar-refractivity contribution in [2.45, 2.75) is 0 Å².